The zero-order valence-corrected chi connectivity index (χ0v) is 27.0. The molecule has 0 spiro atoms. The molecule has 1 aliphatic carbocycles. The number of aliphatic hydroxyl groups excluding tert-OH is 1. The predicted molar refractivity (Wildman–Crippen MR) is 167 cm³/mol. The Kier molecular flexibility index (Phi) is 11.2. The molecule has 3 N–H and O–H groups in total. The summed E-state index contributed by atoms with van der Waals surface area (Å²) in [5, 5.41) is 15.6. The molecule has 5 unspecified atom stereocenters. The van der Waals surface area contributed by atoms with E-state index < -0.39 is 59.8 Å². The van der Waals surface area contributed by atoms with Crippen LogP contribution in [-0.4, -0.2) is 69.8 Å². The van der Waals surface area contributed by atoms with Gasteiger partial charge in [-0.2, -0.15) is 0 Å². The van der Waals surface area contributed by atoms with Crippen molar-refractivity contribution in [2.24, 2.45) is 5.92 Å². The lowest BCUT2D eigenvalue weighted by Crippen LogP contribution is -2.56. The fraction of sp³-hybridized carbons (Fsp3) is 0.529. The lowest BCUT2D eigenvalue weighted by molar-refractivity contribution is -0.159. The minimum atomic E-state index is -1.36. The Bertz CT molecular complexity index is 1320. The zero-order valence-electron chi connectivity index (χ0n) is 27.0. The normalized spacial score (nSPS) is 18.3. The number of amides is 3. The Morgan fingerprint density at radius 2 is 1.45 bits per heavy atom. The number of benzene rings is 2. The summed E-state index contributed by atoms with van der Waals surface area (Å²) >= 11 is 0. The molecule has 0 bridgehead atoms. The molecule has 0 saturated heterocycles. The molecule has 0 aliphatic heterocycles. The lowest BCUT2D eigenvalue weighted by atomic mass is 9.97. The van der Waals surface area contributed by atoms with Crippen LogP contribution in [0.5, 0.6) is 0 Å². The van der Waals surface area contributed by atoms with Gasteiger partial charge >= 0.3 is 12.1 Å². The van der Waals surface area contributed by atoms with Crippen molar-refractivity contribution < 1.29 is 33.8 Å². The summed E-state index contributed by atoms with van der Waals surface area (Å²) in [5.74, 6) is -1.73. The van der Waals surface area contributed by atoms with Gasteiger partial charge in [0.15, 0.2) is 0 Å². The molecule has 10 nitrogen and oxygen atoms in total. The van der Waals surface area contributed by atoms with Crippen molar-refractivity contribution >= 4 is 23.9 Å². The Labute approximate surface area is 260 Å². The van der Waals surface area contributed by atoms with Crippen molar-refractivity contribution in [2.45, 2.75) is 104 Å². The molecule has 10 heteroatoms. The van der Waals surface area contributed by atoms with Crippen molar-refractivity contribution in [1.82, 2.24) is 15.5 Å². The van der Waals surface area contributed by atoms with Crippen LogP contribution >= 0.6 is 0 Å². The molecular weight excluding hydrogens is 562 g/mol. The Morgan fingerprint density at radius 1 is 0.886 bits per heavy atom. The number of ether oxygens (including phenoxy) is 2. The highest BCUT2D eigenvalue weighted by Crippen LogP contribution is 2.41. The number of alkyl carbamates (subject to hydrolysis) is 1. The van der Waals surface area contributed by atoms with Gasteiger partial charge in [-0.1, -0.05) is 61.5 Å². The molecule has 0 heterocycles. The van der Waals surface area contributed by atoms with Gasteiger partial charge in [-0.15, -0.1) is 0 Å². The number of nitrogens with one attached hydrogen (secondary N) is 2. The summed E-state index contributed by atoms with van der Waals surface area (Å²) in [4.78, 5) is 56.0. The second-order valence-electron chi connectivity index (χ2n) is 13.5. The van der Waals surface area contributed by atoms with Crippen LogP contribution in [0.1, 0.15) is 77.6 Å². The summed E-state index contributed by atoms with van der Waals surface area (Å²) in [5.41, 5.74) is 0.531. The van der Waals surface area contributed by atoms with Crippen molar-refractivity contribution in [3.8, 4) is 0 Å². The third kappa shape index (κ3) is 9.80. The number of aryl methyl sites for hydroxylation is 1. The Morgan fingerprint density at radius 3 is 1.98 bits per heavy atom. The molecule has 0 aromatic heterocycles. The first-order chi connectivity index (χ1) is 20.5. The van der Waals surface area contributed by atoms with Gasteiger partial charge in [0.1, 0.15) is 29.3 Å². The average Bonchev–Trinajstić information content (AvgIpc) is 3.64. The van der Waals surface area contributed by atoms with E-state index in [4.69, 9.17) is 9.47 Å². The van der Waals surface area contributed by atoms with Gasteiger partial charge < -0.3 is 30.1 Å². The first kappa shape index (κ1) is 34.6. The molecule has 240 valence electrons. The van der Waals surface area contributed by atoms with E-state index in [1.54, 1.807) is 53.7 Å². The molecule has 1 saturated carbocycles. The monoisotopic (exact) mass is 609 g/mol. The van der Waals surface area contributed by atoms with E-state index in [1.165, 1.54) is 4.90 Å². The molecule has 2 aromatic rings. The molecule has 1 aliphatic rings. The van der Waals surface area contributed by atoms with Gasteiger partial charge in [0.05, 0.1) is 6.61 Å². The van der Waals surface area contributed by atoms with E-state index in [-0.39, 0.29) is 18.4 Å². The molecule has 3 rings (SSSR count). The third-order valence-corrected chi connectivity index (χ3v) is 7.15. The van der Waals surface area contributed by atoms with Gasteiger partial charge in [0.2, 0.25) is 11.8 Å². The van der Waals surface area contributed by atoms with E-state index in [0.717, 1.165) is 11.1 Å². The minimum absolute atomic E-state index is 0.0742. The smallest absolute Gasteiger partial charge is 0.408 e. The van der Waals surface area contributed by atoms with Crippen LogP contribution in [0, 0.1) is 12.8 Å². The Balaban J connectivity index is 2.03. The van der Waals surface area contributed by atoms with Crippen LogP contribution in [0.4, 0.5) is 4.79 Å². The first-order valence-corrected chi connectivity index (χ1v) is 15.1. The summed E-state index contributed by atoms with van der Waals surface area (Å²) in [7, 11) is 0. The maximum absolute atomic E-state index is 14.4. The van der Waals surface area contributed by atoms with Gasteiger partial charge in [-0.3, -0.25) is 9.59 Å². The van der Waals surface area contributed by atoms with E-state index >= 15 is 0 Å². The highest BCUT2D eigenvalue weighted by Gasteiger charge is 2.49. The maximum Gasteiger partial charge on any atom is 0.408 e. The van der Waals surface area contributed by atoms with Crippen LogP contribution in [0.3, 0.4) is 0 Å². The van der Waals surface area contributed by atoms with Crippen LogP contribution in [0.15, 0.2) is 54.6 Å². The van der Waals surface area contributed by atoms with Gasteiger partial charge in [-0.25, -0.2) is 9.59 Å². The lowest BCUT2D eigenvalue weighted by Gasteiger charge is -2.36. The summed E-state index contributed by atoms with van der Waals surface area (Å²) in [6.45, 7) is 13.4. The van der Waals surface area contributed by atoms with E-state index in [1.807, 2.05) is 56.3 Å². The Hall–Kier alpha value is -3.92. The van der Waals surface area contributed by atoms with E-state index in [0.29, 0.717) is 12.0 Å². The van der Waals surface area contributed by atoms with Crippen LogP contribution in [-0.2, 0) is 30.3 Å². The fourth-order valence-corrected chi connectivity index (χ4v) is 4.97. The molecular formula is C34H47N3O7. The van der Waals surface area contributed by atoms with Crippen LogP contribution in [0.25, 0.3) is 0 Å². The number of carbonyl (C=O) groups is 4. The maximum atomic E-state index is 14.4. The van der Waals surface area contributed by atoms with Crippen molar-refractivity contribution in [2.75, 3.05) is 6.61 Å². The van der Waals surface area contributed by atoms with Gasteiger partial charge in [0, 0.05) is 12.5 Å². The first-order valence-electron chi connectivity index (χ1n) is 15.1. The highest BCUT2D eigenvalue weighted by atomic mass is 16.6. The quantitative estimate of drug-likeness (QED) is 0.325. The molecule has 3 amide bonds. The summed E-state index contributed by atoms with van der Waals surface area (Å²) < 4.78 is 11.0. The van der Waals surface area contributed by atoms with Crippen molar-refractivity contribution in [1.29, 1.82) is 0 Å². The van der Waals surface area contributed by atoms with E-state index in [9.17, 15) is 24.3 Å². The van der Waals surface area contributed by atoms with Crippen LogP contribution in [0.2, 0.25) is 0 Å². The number of esters is 1. The number of carbonyl (C=O) groups excluding carboxylic acids is 4. The fourth-order valence-electron chi connectivity index (χ4n) is 4.97. The van der Waals surface area contributed by atoms with Crippen LogP contribution < -0.4 is 10.6 Å². The minimum Gasteiger partial charge on any atom is -0.458 e. The molecule has 2 aromatic carbocycles. The third-order valence-electron chi connectivity index (χ3n) is 7.15. The largest absolute Gasteiger partial charge is 0.458 e. The number of aliphatic hydroxyl groups is 1. The number of hydrogen-bond acceptors (Lipinski definition) is 7. The molecule has 1 fully saturated rings. The summed E-state index contributed by atoms with van der Waals surface area (Å²) in [6, 6.07) is 12.6. The van der Waals surface area contributed by atoms with E-state index in [2.05, 4.69) is 10.6 Å². The number of hydrogen-bond donors (Lipinski definition) is 3. The molecule has 44 heavy (non-hydrogen) atoms. The average molecular weight is 610 g/mol. The molecule has 0 radical (unpaired) electrons. The second kappa shape index (κ2) is 14.2. The zero-order chi connectivity index (χ0) is 32.8. The van der Waals surface area contributed by atoms with Crippen molar-refractivity contribution in [3.63, 3.8) is 0 Å². The standard InChI is InChI=1S/C34H47N3O7/c1-21-14-12-13-17-24(21)28(29(39)35-25(31(41)43-33(3,4)5)19-23-15-10-9-11-16-23)37(27-18-22(27)2)30(40)26(20-38)36-32(42)44-34(6,7)8/h9-17,22,25-28,38H,18-20H2,1-8H3,(H,35,39)(H,36,42). The SMILES string of the molecule is Cc1ccccc1C(C(=O)NC(Cc1ccccc1)C(=O)OC(C)(C)C)N(C(=O)C(CO)NC(=O)OC(C)(C)C)C1CC1C. The molecule has 5 atom stereocenters. The van der Waals surface area contributed by atoms with Gasteiger partial charge in [0.25, 0.3) is 0 Å². The second-order valence-corrected chi connectivity index (χ2v) is 13.5. The number of rotatable bonds is 11. The topological polar surface area (TPSA) is 134 Å². The van der Waals surface area contributed by atoms with Gasteiger partial charge in [-0.05, 0) is 77.5 Å². The van der Waals surface area contributed by atoms with Crippen molar-refractivity contribution in [3.05, 3.63) is 71.3 Å². The summed E-state index contributed by atoms with van der Waals surface area (Å²) in [6.07, 6.45) is -0.0563. The predicted octanol–water partition coefficient (Wildman–Crippen LogP) is 4.23. The number of nitrogens with zero attached hydrogens (tertiary/aromatic N) is 1. The highest BCUT2D eigenvalue weighted by molar-refractivity contribution is 5.94.